The fourth-order valence-electron chi connectivity index (χ4n) is 1.61. The van der Waals surface area contributed by atoms with Crippen LogP contribution >= 0.6 is 0 Å². The second-order valence-electron chi connectivity index (χ2n) is 4.22. The van der Waals surface area contributed by atoms with Crippen molar-refractivity contribution in [3.05, 3.63) is 24.5 Å². The van der Waals surface area contributed by atoms with Crippen LogP contribution in [0.15, 0.2) is 24.5 Å². The summed E-state index contributed by atoms with van der Waals surface area (Å²) >= 11 is 0. The fraction of sp³-hybridized carbons (Fsp3) is 0.615. The van der Waals surface area contributed by atoms with Gasteiger partial charge in [-0.3, -0.25) is 4.98 Å². The predicted octanol–water partition coefficient (Wildman–Crippen LogP) is 3.71. The van der Waals surface area contributed by atoms with Gasteiger partial charge in [0.2, 0.25) is 0 Å². The molecule has 84 valence electrons. The van der Waals surface area contributed by atoms with E-state index in [1.165, 1.54) is 31.4 Å². The summed E-state index contributed by atoms with van der Waals surface area (Å²) in [6, 6.07) is 4.03. The average Bonchev–Trinajstić information content (AvgIpc) is 2.28. The van der Waals surface area contributed by atoms with E-state index in [4.69, 9.17) is 0 Å². The maximum absolute atomic E-state index is 3.99. The van der Waals surface area contributed by atoms with Crippen molar-refractivity contribution in [2.45, 2.75) is 39.5 Å². The lowest BCUT2D eigenvalue weighted by molar-refractivity contribution is 0.516. The molecule has 1 aromatic heterocycles. The van der Waals surface area contributed by atoms with Crippen LogP contribution in [0.2, 0.25) is 0 Å². The molecule has 0 saturated carbocycles. The molecule has 0 aliphatic rings. The molecule has 1 N–H and O–H groups in total. The molecule has 1 atom stereocenters. The second kappa shape index (κ2) is 7.27. The molecule has 1 heterocycles. The van der Waals surface area contributed by atoms with Crippen LogP contribution in [0.25, 0.3) is 0 Å². The number of nitrogens with zero attached hydrogens (tertiary/aromatic N) is 1. The number of hydrogen-bond donors (Lipinski definition) is 1. The quantitative estimate of drug-likeness (QED) is 0.688. The smallest absolute Gasteiger partial charge is 0.0371 e. The van der Waals surface area contributed by atoms with Crippen LogP contribution in [0, 0.1) is 5.92 Å². The van der Waals surface area contributed by atoms with Gasteiger partial charge in [-0.05, 0) is 24.5 Å². The molecule has 1 rings (SSSR count). The summed E-state index contributed by atoms with van der Waals surface area (Å²) in [5, 5.41) is 3.43. The van der Waals surface area contributed by atoms with E-state index in [1.807, 2.05) is 24.5 Å². The third-order valence-corrected chi connectivity index (χ3v) is 2.64. The molecule has 1 aromatic rings. The third-order valence-electron chi connectivity index (χ3n) is 2.64. The van der Waals surface area contributed by atoms with E-state index in [1.54, 1.807) is 0 Å². The van der Waals surface area contributed by atoms with E-state index in [2.05, 4.69) is 24.1 Å². The topological polar surface area (TPSA) is 24.9 Å². The minimum absolute atomic E-state index is 0.754. The van der Waals surface area contributed by atoms with Crippen molar-refractivity contribution >= 4 is 5.69 Å². The second-order valence-corrected chi connectivity index (χ2v) is 4.22. The highest BCUT2D eigenvalue weighted by atomic mass is 14.9. The van der Waals surface area contributed by atoms with Crippen molar-refractivity contribution in [3.63, 3.8) is 0 Å². The number of rotatable bonds is 7. The SMILES string of the molecule is CCCCCC(C)CNc1ccncc1. The van der Waals surface area contributed by atoms with Crippen molar-refractivity contribution in [2.24, 2.45) is 5.92 Å². The number of unbranched alkanes of at least 4 members (excludes halogenated alkanes) is 2. The third kappa shape index (κ3) is 5.40. The first-order valence-corrected chi connectivity index (χ1v) is 5.96. The van der Waals surface area contributed by atoms with Crippen molar-refractivity contribution in [1.82, 2.24) is 4.98 Å². The van der Waals surface area contributed by atoms with Crippen LogP contribution in [0.4, 0.5) is 5.69 Å². The summed E-state index contributed by atoms with van der Waals surface area (Å²) in [6.45, 7) is 5.62. The van der Waals surface area contributed by atoms with E-state index in [0.29, 0.717) is 0 Å². The largest absolute Gasteiger partial charge is 0.385 e. The summed E-state index contributed by atoms with van der Waals surface area (Å²) < 4.78 is 0. The maximum Gasteiger partial charge on any atom is 0.0371 e. The monoisotopic (exact) mass is 206 g/mol. The lowest BCUT2D eigenvalue weighted by Crippen LogP contribution is -2.11. The number of anilines is 1. The van der Waals surface area contributed by atoms with Gasteiger partial charge >= 0.3 is 0 Å². The van der Waals surface area contributed by atoms with Gasteiger partial charge in [0.05, 0.1) is 0 Å². The normalized spacial score (nSPS) is 12.4. The van der Waals surface area contributed by atoms with Gasteiger partial charge in [-0.1, -0.05) is 33.1 Å². The summed E-state index contributed by atoms with van der Waals surface area (Å²) in [6.07, 6.45) is 9.00. The highest BCUT2D eigenvalue weighted by Gasteiger charge is 2.01. The van der Waals surface area contributed by atoms with Gasteiger partial charge < -0.3 is 5.32 Å². The summed E-state index contributed by atoms with van der Waals surface area (Å²) in [4.78, 5) is 3.99. The Morgan fingerprint density at radius 3 is 2.67 bits per heavy atom. The van der Waals surface area contributed by atoms with E-state index in [0.717, 1.165) is 12.5 Å². The first-order valence-electron chi connectivity index (χ1n) is 5.96. The molecule has 1 unspecified atom stereocenters. The summed E-state index contributed by atoms with van der Waals surface area (Å²) in [5.41, 5.74) is 1.17. The lowest BCUT2D eigenvalue weighted by atomic mass is 10.0. The molecule has 0 saturated heterocycles. The maximum atomic E-state index is 3.99. The highest BCUT2D eigenvalue weighted by molar-refractivity contribution is 5.40. The molecular weight excluding hydrogens is 184 g/mol. The average molecular weight is 206 g/mol. The van der Waals surface area contributed by atoms with E-state index >= 15 is 0 Å². The van der Waals surface area contributed by atoms with Crippen molar-refractivity contribution in [3.8, 4) is 0 Å². The Balaban J connectivity index is 2.14. The Morgan fingerprint density at radius 2 is 2.00 bits per heavy atom. The Labute approximate surface area is 93.1 Å². The Morgan fingerprint density at radius 1 is 1.27 bits per heavy atom. The zero-order valence-electron chi connectivity index (χ0n) is 9.87. The summed E-state index contributed by atoms with van der Waals surface area (Å²) in [7, 11) is 0. The van der Waals surface area contributed by atoms with E-state index < -0.39 is 0 Å². The zero-order valence-corrected chi connectivity index (χ0v) is 9.87. The van der Waals surface area contributed by atoms with Crippen LogP contribution in [-0.4, -0.2) is 11.5 Å². The molecule has 0 fully saturated rings. The predicted molar refractivity (Wildman–Crippen MR) is 66.0 cm³/mol. The van der Waals surface area contributed by atoms with Gasteiger partial charge in [-0.15, -0.1) is 0 Å². The molecule has 0 aliphatic heterocycles. The van der Waals surface area contributed by atoms with Gasteiger partial charge in [0.25, 0.3) is 0 Å². The van der Waals surface area contributed by atoms with Crippen LogP contribution in [0.3, 0.4) is 0 Å². The molecule has 0 aliphatic carbocycles. The van der Waals surface area contributed by atoms with Gasteiger partial charge in [0, 0.05) is 24.6 Å². The highest BCUT2D eigenvalue weighted by Crippen LogP contribution is 2.11. The van der Waals surface area contributed by atoms with Crippen molar-refractivity contribution in [1.29, 1.82) is 0 Å². The molecule has 0 bridgehead atoms. The standard InChI is InChI=1S/C13H22N2/c1-3-4-5-6-12(2)11-15-13-7-9-14-10-8-13/h7-10,12H,3-6,11H2,1-2H3,(H,14,15). The van der Waals surface area contributed by atoms with Crippen LogP contribution < -0.4 is 5.32 Å². The Bertz CT molecular complexity index is 246. The molecule has 2 heteroatoms. The molecule has 0 spiro atoms. The minimum Gasteiger partial charge on any atom is -0.385 e. The molecule has 15 heavy (non-hydrogen) atoms. The van der Waals surface area contributed by atoms with Gasteiger partial charge in [-0.2, -0.15) is 0 Å². The first kappa shape index (κ1) is 12.0. The number of hydrogen-bond acceptors (Lipinski definition) is 2. The minimum atomic E-state index is 0.754. The first-order chi connectivity index (χ1) is 7.33. The fourth-order valence-corrected chi connectivity index (χ4v) is 1.61. The van der Waals surface area contributed by atoms with Crippen LogP contribution in [0.1, 0.15) is 39.5 Å². The molecule has 2 nitrogen and oxygen atoms in total. The number of nitrogens with one attached hydrogen (secondary N) is 1. The molecule has 0 radical (unpaired) electrons. The van der Waals surface area contributed by atoms with Gasteiger partial charge in [0.1, 0.15) is 0 Å². The molecule has 0 amide bonds. The van der Waals surface area contributed by atoms with Crippen LogP contribution in [0.5, 0.6) is 0 Å². The van der Waals surface area contributed by atoms with Crippen molar-refractivity contribution < 1.29 is 0 Å². The Kier molecular flexibility index (Phi) is 5.83. The van der Waals surface area contributed by atoms with Crippen LogP contribution in [-0.2, 0) is 0 Å². The van der Waals surface area contributed by atoms with Crippen molar-refractivity contribution in [2.75, 3.05) is 11.9 Å². The van der Waals surface area contributed by atoms with E-state index in [-0.39, 0.29) is 0 Å². The Hall–Kier alpha value is -1.05. The summed E-state index contributed by atoms with van der Waals surface area (Å²) in [5.74, 6) is 0.754. The number of pyridine rings is 1. The van der Waals surface area contributed by atoms with E-state index in [9.17, 15) is 0 Å². The number of aromatic nitrogens is 1. The molecule has 0 aromatic carbocycles. The lowest BCUT2D eigenvalue weighted by Gasteiger charge is -2.12. The van der Waals surface area contributed by atoms with Gasteiger partial charge in [-0.25, -0.2) is 0 Å². The zero-order chi connectivity index (χ0) is 10.9. The van der Waals surface area contributed by atoms with Gasteiger partial charge in [0.15, 0.2) is 0 Å². The molecular formula is C13H22N2.